The number of hydrogen-bond donors (Lipinski definition) is 2. The Bertz CT molecular complexity index is 385. The number of aromatic nitrogens is 3. The molecule has 0 saturated carbocycles. The molecular formula is C12H20N4O2. The summed E-state index contributed by atoms with van der Waals surface area (Å²) in [4.78, 5) is 15.9. The summed E-state index contributed by atoms with van der Waals surface area (Å²) >= 11 is 0. The average Bonchev–Trinajstić information content (AvgIpc) is 3.00. The third kappa shape index (κ3) is 3.53. The maximum atomic E-state index is 11.7. The van der Waals surface area contributed by atoms with Crippen molar-refractivity contribution in [3.05, 3.63) is 11.6 Å². The van der Waals surface area contributed by atoms with Crippen LogP contribution >= 0.6 is 0 Å². The second kappa shape index (κ2) is 6.49. The van der Waals surface area contributed by atoms with E-state index in [4.69, 9.17) is 4.74 Å². The summed E-state index contributed by atoms with van der Waals surface area (Å²) in [7, 11) is 0. The van der Waals surface area contributed by atoms with E-state index in [1.807, 2.05) is 0 Å². The van der Waals surface area contributed by atoms with Crippen LogP contribution in [-0.2, 0) is 11.2 Å². The molecule has 0 bridgehead atoms. The van der Waals surface area contributed by atoms with E-state index in [0.717, 1.165) is 44.5 Å². The van der Waals surface area contributed by atoms with Gasteiger partial charge in [0.25, 0.3) is 5.91 Å². The van der Waals surface area contributed by atoms with Crippen LogP contribution in [-0.4, -0.2) is 40.3 Å². The number of aromatic amines is 1. The zero-order valence-electron chi connectivity index (χ0n) is 10.7. The fraction of sp³-hybridized carbons (Fsp3) is 0.750. The molecule has 1 amide bonds. The van der Waals surface area contributed by atoms with Crippen LogP contribution < -0.4 is 5.32 Å². The van der Waals surface area contributed by atoms with Crippen molar-refractivity contribution >= 4 is 5.91 Å². The average molecular weight is 252 g/mol. The van der Waals surface area contributed by atoms with Crippen molar-refractivity contribution in [2.24, 2.45) is 0 Å². The molecule has 1 unspecified atom stereocenters. The molecule has 100 valence electrons. The summed E-state index contributed by atoms with van der Waals surface area (Å²) in [5.74, 6) is 0.777. The van der Waals surface area contributed by atoms with Gasteiger partial charge in [-0.05, 0) is 25.7 Å². The fourth-order valence-electron chi connectivity index (χ4n) is 2.04. The highest BCUT2D eigenvalue weighted by atomic mass is 16.5. The Kier molecular flexibility index (Phi) is 4.69. The summed E-state index contributed by atoms with van der Waals surface area (Å²) in [6.45, 7) is 3.52. The van der Waals surface area contributed by atoms with Crippen LogP contribution in [0.4, 0.5) is 0 Å². The molecule has 1 saturated heterocycles. The van der Waals surface area contributed by atoms with Crippen LogP contribution in [0.25, 0.3) is 0 Å². The molecule has 1 atom stereocenters. The minimum atomic E-state index is -0.216. The molecule has 2 rings (SSSR count). The van der Waals surface area contributed by atoms with Crippen LogP contribution in [0.15, 0.2) is 0 Å². The first-order valence-electron chi connectivity index (χ1n) is 6.60. The highest BCUT2D eigenvalue weighted by Gasteiger charge is 2.16. The van der Waals surface area contributed by atoms with Crippen molar-refractivity contribution in [2.75, 3.05) is 13.2 Å². The Morgan fingerprint density at radius 3 is 3.22 bits per heavy atom. The zero-order chi connectivity index (χ0) is 12.8. The van der Waals surface area contributed by atoms with E-state index in [9.17, 15) is 4.79 Å². The van der Waals surface area contributed by atoms with E-state index in [1.54, 1.807) is 0 Å². The lowest BCUT2D eigenvalue weighted by Crippen LogP contribution is -2.28. The predicted octanol–water partition coefficient (Wildman–Crippen LogP) is 1.06. The van der Waals surface area contributed by atoms with E-state index in [-0.39, 0.29) is 11.7 Å². The SMILES string of the molecule is CCCc1nc(C(=O)NCCC2CCCO2)n[nH]1. The molecular weight excluding hydrogens is 232 g/mol. The van der Waals surface area contributed by atoms with Gasteiger partial charge in [-0.3, -0.25) is 9.89 Å². The van der Waals surface area contributed by atoms with Crippen molar-refractivity contribution in [3.8, 4) is 0 Å². The van der Waals surface area contributed by atoms with Crippen LogP contribution in [0.1, 0.15) is 49.1 Å². The van der Waals surface area contributed by atoms with Gasteiger partial charge in [-0.1, -0.05) is 6.92 Å². The normalized spacial score (nSPS) is 19.1. The highest BCUT2D eigenvalue weighted by Crippen LogP contribution is 2.14. The molecule has 18 heavy (non-hydrogen) atoms. The first-order valence-corrected chi connectivity index (χ1v) is 6.60. The van der Waals surface area contributed by atoms with Crippen molar-refractivity contribution in [2.45, 2.75) is 45.1 Å². The molecule has 1 aliphatic heterocycles. The molecule has 0 spiro atoms. The Balaban J connectivity index is 1.72. The van der Waals surface area contributed by atoms with Crippen molar-refractivity contribution in [1.29, 1.82) is 0 Å². The number of carbonyl (C=O) groups excluding carboxylic acids is 1. The number of rotatable bonds is 6. The second-order valence-corrected chi connectivity index (χ2v) is 4.54. The van der Waals surface area contributed by atoms with Gasteiger partial charge in [-0.2, -0.15) is 0 Å². The fourth-order valence-corrected chi connectivity index (χ4v) is 2.04. The van der Waals surface area contributed by atoms with Crippen LogP contribution in [0.3, 0.4) is 0 Å². The van der Waals surface area contributed by atoms with Gasteiger partial charge < -0.3 is 10.1 Å². The van der Waals surface area contributed by atoms with Gasteiger partial charge in [0.1, 0.15) is 5.82 Å². The monoisotopic (exact) mass is 252 g/mol. The van der Waals surface area contributed by atoms with Crippen LogP contribution in [0, 0.1) is 0 Å². The minimum absolute atomic E-state index is 0.216. The van der Waals surface area contributed by atoms with Gasteiger partial charge in [0.05, 0.1) is 6.10 Å². The molecule has 1 fully saturated rings. The topological polar surface area (TPSA) is 79.9 Å². The number of nitrogens with one attached hydrogen (secondary N) is 2. The lowest BCUT2D eigenvalue weighted by atomic mass is 10.2. The van der Waals surface area contributed by atoms with Crippen LogP contribution in [0.5, 0.6) is 0 Å². The van der Waals surface area contributed by atoms with Gasteiger partial charge in [0, 0.05) is 19.6 Å². The highest BCUT2D eigenvalue weighted by molar-refractivity contribution is 5.90. The van der Waals surface area contributed by atoms with Crippen molar-refractivity contribution in [1.82, 2.24) is 20.5 Å². The quantitative estimate of drug-likeness (QED) is 0.793. The maximum Gasteiger partial charge on any atom is 0.290 e. The molecule has 6 heteroatoms. The Morgan fingerprint density at radius 2 is 2.50 bits per heavy atom. The third-order valence-electron chi connectivity index (χ3n) is 3.00. The summed E-state index contributed by atoms with van der Waals surface area (Å²) in [6, 6.07) is 0. The molecule has 0 aliphatic carbocycles. The van der Waals surface area contributed by atoms with Gasteiger partial charge in [-0.15, -0.1) is 5.10 Å². The van der Waals surface area contributed by atoms with Gasteiger partial charge >= 0.3 is 0 Å². The Morgan fingerprint density at radius 1 is 1.61 bits per heavy atom. The summed E-state index contributed by atoms with van der Waals surface area (Å²) in [5.41, 5.74) is 0. The van der Waals surface area contributed by atoms with Crippen molar-refractivity contribution < 1.29 is 9.53 Å². The number of carbonyl (C=O) groups is 1. The first kappa shape index (κ1) is 13.0. The second-order valence-electron chi connectivity index (χ2n) is 4.54. The summed E-state index contributed by atoms with van der Waals surface area (Å²) in [6.07, 6.45) is 5.17. The van der Waals surface area contributed by atoms with Crippen LogP contribution in [0.2, 0.25) is 0 Å². The van der Waals surface area contributed by atoms with E-state index in [2.05, 4.69) is 27.4 Å². The number of aryl methyl sites for hydroxylation is 1. The number of amides is 1. The van der Waals surface area contributed by atoms with Crippen molar-refractivity contribution in [3.63, 3.8) is 0 Å². The van der Waals surface area contributed by atoms with E-state index in [1.165, 1.54) is 0 Å². The number of H-pyrrole nitrogens is 1. The Hall–Kier alpha value is -1.43. The summed E-state index contributed by atoms with van der Waals surface area (Å²) < 4.78 is 5.49. The number of hydrogen-bond acceptors (Lipinski definition) is 4. The summed E-state index contributed by atoms with van der Waals surface area (Å²) in [5, 5.41) is 9.50. The standard InChI is InChI=1S/C12H20N4O2/c1-2-4-10-14-11(16-15-10)12(17)13-7-6-9-5-3-8-18-9/h9H,2-8H2,1H3,(H,13,17)(H,14,15,16). The minimum Gasteiger partial charge on any atom is -0.378 e. The first-order chi connectivity index (χ1) is 8.79. The van der Waals surface area contributed by atoms with E-state index < -0.39 is 0 Å². The maximum absolute atomic E-state index is 11.7. The molecule has 0 aromatic carbocycles. The lowest BCUT2D eigenvalue weighted by molar-refractivity contribution is 0.0899. The smallest absolute Gasteiger partial charge is 0.290 e. The zero-order valence-corrected chi connectivity index (χ0v) is 10.7. The molecule has 6 nitrogen and oxygen atoms in total. The third-order valence-corrected chi connectivity index (χ3v) is 3.00. The van der Waals surface area contributed by atoms with E-state index in [0.29, 0.717) is 12.6 Å². The van der Waals surface area contributed by atoms with E-state index >= 15 is 0 Å². The van der Waals surface area contributed by atoms with Gasteiger partial charge in [-0.25, -0.2) is 4.98 Å². The number of nitrogens with zero attached hydrogens (tertiary/aromatic N) is 2. The lowest BCUT2D eigenvalue weighted by Gasteiger charge is -2.08. The molecule has 2 N–H and O–H groups in total. The predicted molar refractivity (Wildman–Crippen MR) is 66.3 cm³/mol. The Labute approximate surface area is 107 Å². The number of ether oxygens (including phenoxy) is 1. The van der Waals surface area contributed by atoms with Gasteiger partial charge in [0.15, 0.2) is 0 Å². The van der Waals surface area contributed by atoms with Gasteiger partial charge in [0.2, 0.25) is 5.82 Å². The molecule has 2 heterocycles. The molecule has 0 radical (unpaired) electrons. The largest absolute Gasteiger partial charge is 0.378 e. The molecule has 1 aromatic heterocycles. The molecule has 1 aromatic rings. The molecule has 1 aliphatic rings.